The number of aliphatic hydroxyl groups is 1. The van der Waals surface area contributed by atoms with Crippen molar-refractivity contribution in [2.24, 2.45) is 0 Å². The molecule has 1 unspecified atom stereocenters. The van der Waals surface area contributed by atoms with Crippen LogP contribution in [-0.4, -0.2) is 46.7 Å². The molecule has 0 aliphatic heterocycles. The first-order valence-electron chi connectivity index (χ1n) is 7.95. The number of rotatable bonds is 7. The molecular weight excluding hydrogens is 306 g/mol. The van der Waals surface area contributed by atoms with Gasteiger partial charge in [-0.05, 0) is 38.8 Å². The Morgan fingerprint density at radius 3 is 2.71 bits per heavy atom. The van der Waals surface area contributed by atoms with E-state index in [4.69, 9.17) is 4.74 Å². The number of hydrogen-bond donors (Lipinski definition) is 2. The van der Waals surface area contributed by atoms with Crippen LogP contribution < -0.4 is 5.32 Å². The molecule has 0 aliphatic carbocycles. The topological polar surface area (TPSA) is 76.4 Å². The highest BCUT2D eigenvalue weighted by molar-refractivity contribution is 5.95. The fourth-order valence-corrected chi connectivity index (χ4v) is 2.75. The second-order valence-electron chi connectivity index (χ2n) is 6.26. The number of carbonyl (C=O) groups is 1. The van der Waals surface area contributed by atoms with Crippen molar-refractivity contribution in [2.75, 3.05) is 20.3 Å². The molecule has 6 heteroatoms. The zero-order valence-electron chi connectivity index (χ0n) is 14.7. The van der Waals surface area contributed by atoms with Crippen LogP contribution in [0, 0.1) is 13.8 Å². The quantitative estimate of drug-likeness (QED) is 0.814. The molecule has 0 aliphatic rings. The third-order valence-electron chi connectivity index (χ3n) is 4.14. The van der Waals surface area contributed by atoms with Gasteiger partial charge in [-0.25, -0.2) is 4.68 Å². The second kappa shape index (κ2) is 7.59. The van der Waals surface area contributed by atoms with Gasteiger partial charge in [0.1, 0.15) is 0 Å². The monoisotopic (exact) mass is 331 g/mol. The summed E-state index contributed by atoms with van der Waals surface area (Å²) in [6.07, 6.45) is 1.99. The van der Waals surface area contributed by atoms with Gasteiger partial charge in [0.15, 0.2) is 0 Å². The molecule has 1 amide bonds. The van der Waals surface area contributed by atoms with Crippen LogP contribution in [0.2, 0.25) is 0 Å². The lowest BCUT2D eigenvalue weighted by atomic mass is 9.98. The number of nitrogens with one attached hydrogen (secondary N) is 1. The van der Waals surface area contributed by atoms with Crippen LogP contribution in [-0.2, 0) is 4.74 Å². The summed E-state index contributed by atoms with van der Waals surface area (Å²) in [5.41, 5.74) is 2.69. The van der Waals surface area contributed by atoms with Gasteiger partial charge < -0.3 is 15.2 Å². The van der Waals surface area contributed by atoms with E-state index in [2.05, 4.69) is 10.4 Å². The van der Waals surface area contributed by atoms with Crippen molar-refractivity contribution in [3.8, 4) is 5.69 Å². The molecule has 1 aromatic carbocycles. The Hall–Kier alpha value is -2.18. The van der Waals surface area contributed by atoms with E-state index in [-0.39, 0.29) is 12.5 Å². The average Bonchev–Trinajstić information content (AvgIpc) is 2.89. The zero-order chi connectivity index (χ0) is 17.7. The van der Waals surface area contributed by atoms with Crippen LogP contribution in [0.1, 0.15) is 35.0 Å². The van der Waals surface area contributed by atoms with Gasteiger partial charge in [0, 0.05) is 13.7 Å². The molecule has 0 bridgehead atoms. The summed E-state index contributed by atoms with van der Waals surface area (Å²) in [6, 6.07) is 7.89. The molecule has 0 spiro atoms. The fraction of sp³-hybridized carbons (Fsp3) is 0.444. The van der Waals surface area contributed by atoms with Crippen molar-refractivity contribution >= 4 is 5.91 Å². The summed E-state index contributed by atoms with van der Waals surface area (Å²) < 4.78 is 6.94. The van der Waals surface area contributed by atoms with Crippen LogP contribution >= 0.6 is 0 Å². The van der Waals surface area contributed by atoms with Gasteiger partial charge in [-0.2, -0.15) is 5.10 Å². The summed E-state index contributed by atoms with van der Waals surface area (Å²) in [6.45, 7) is 6.03. The van der Waals surface area contributed by atoms with E-state index in [1.54, 1.807) is 18.0 Å². The van der Waals surface area contributed by atoms with Gasteiger partial charge >= 0.3 is 0 Å². The first-order valence-corrected chi connectivity index (χ1v) is 7.95. The highest BCUT2D eigenvalue weighted by Crippen LogP contribution is 2.19. The minimum Gasteiger partial charge on any atom is -0.396 e. The third-order valence-corrected chi connectivity index (χ3v) is 4.14. The maximum Gasteiger partial charge on any atom is 0.255 e. The Morgan fingerprint density at radius 2 is 2.08 bits per heavy atom. The molecule has 1 heterocycles. The molecule has 0 saturated carbocycles. The largest absolute Gasteiger partial charge is 0.396 e. The Labute approximate surface area is 142 Å². The molecule has 24 heavy (non-hydrogen) atoms. The van der Waals surface area contributed by atoms with Crippen LogP contribution in [0.25, 0.3) is 5.69 Å². The number of hydrogen-bond acceptors (Lipinski definition) is 4. The lowest BCUT2D eigenvalue weighted by Crippen LogP contribution is -2.50. The van der Waals surface area contributed by atoms with Crippen LogP contribution in [0.3, 0.4) is 0 Å². The van der Waals surface area contributed by atoms with E-state index < -0.39 is 5.54 Å². The molecule has 2 N–H and O–H groups in total. The normalized spacial score (nSPS) is 13.5. The number of carbonyl (C=O) groups excluding carboxylic acids is 1. The fourth-order valence-electron chi connectivity index (χ4n) is 2.75. The standard InChI is InChI=1S/C18H25N3O3/c1-13-7-5-6-8-16(13)21-14(2)15(11-19-21)17(23)20-18(3,9-10-22)12-24-4/h5-8,11,22H,9-10,12H2,1-4H3,(H,20,23). The van der Waals surface area contributed by atoms with E-state index in [1.807, 2.05) is 45.0 Å². The highest BCUT2D eigenvalue weighted by atomic mass is 16.5. The average molecular weight is 331 g/mol. The molecular formula is C18H25N3O3. The molecule has 130 valence electrons. The number of methoxy groups -OCH3 is 1. The van der Waals surface area contributed by atoms with Gasteiger partial charge in [-0.3, -0.25) is 4.79 Å². The van der Waals surface area contributed by atoms with Crippen molar-refractivity contribution in [3.05, 3.63) is 47.3 Å². The number of nitrogens with zero attached hydrogens (tertiary/aromatic N) is 2. The molecule has 1 atom stereocenters. The number of para-hydroxylation sites is 1. The SMILES string of the molecule is COCC(C)(CCO)NC(=O)c1cnn(-c2ccccc2C)c1C. The maximum atomic E-state index is 12.7. The van der Waals surface area contributed by atoms with E-state index in [1.165, 1.54) is 0 Å². The smallest absolute Gasteiger partial charge is 0.255 e. The molecule has 1 aromatic heterocycles. The number of benzene rings is 1. The summed E-state index contributed by atoms with van der Waals surface area (Å²) in [5, 5.41) is 16.5. The summed E-state index contributed by atoms with van der Waals surface area (Å²) in [7, 11) is 1.57. The van der Waals surface area contributed by atoms with E-state index in [0.29, 0.717) is 18.6 Å². The first-order chi connectivity index (χ1) is 11.4. The predicted octanol–water partition coefficient (Wildman–Crippen LogP) is 2.01. The van der Waals surface area contributed by atoms with Crippen molar-refractivity contribution in [1.29, 1.82) is 0 Å². The van der Waals surface area contributed by atoms with Gasteiger partial charge in [-0.1, -0.05) is 18.2 Å². The molecule has 6 nitrogen and oxygen atoms in total. The molecule has 2 aromatic rings. The molecule has 2 rings (SSSR count). The van der Waals surface area contributed by atoms with E-state index in [9.17, 15) is 9.90 Å². The summed E-state index contributed by atoms with van der Waals surface area (Å²) in [4.78, 5) is 12.7. The first kappa shape index (κ1) is 18.2. The number of ether oxygens (including phenoxy) is 1. The maximum absolute atomic E-state index is 12.7. The number of aromatic nitrogens is 2. The Kier molecular flexibility index (Phi) is 5.75. The molecule has 0 fully saturated rings. The number of amides is 1. The summed E-state index contributed by atoms with van der Waals surface area (Å²) >= 11 is 0. The Bertz CT molecular complexity index is 703. The molecule has 0 radical (unpaired) electrons. The highest BCUT2D eigenvalue weighted by Gasteiger charge is 2.28. The lowest BCUT2D eigenvalue weighted by molar-refractivity contribution is 0.0725. The predicted molar refractivity (Wildman–Crippen MR) is 92.5 cm³/mol. The van der Waals surface area contributed by atoms with Gasteiger partial charge in [0.2, 0.25) is 0 Å². The lowest BCUT2D eigenvalue weighted by Gasteiger charge is -2.29. The van der Waals surface area contributed by atoms with Crippen LogP contribution in [0.4, 0.5) is 0 Å². The minimum absolute atomic E-state index is 0.0262. The van der Waals surface area contributed by atoms with Crippen LogP contribution in [0.5, 0.6) is 0 Å². The molecule has 0 saturated heterocycles. The van der Waals surface area contributed by atoms with Crippen LogP contribution in [0.15, 0.2) is 30.5 Å². The van der Waals surface area contributed by atoms with Crippen molar-refractivity contribution in [3.63, 3.8) is 0 Å². The zero-order valence-corrected chi connectivity index (χ0v) is 14.7. The minimum atomic E-state index is -0.627. The number of aryl methyl sites for hydroxylation is 1. The van der Waals surface area contributed by atoms with E-state index >= 15 is 0 Å². The van der Waals surface area contributed by atoms with Gasteiger partial charge in [-0.15, -0.1) is 0 Å². The number of aliphatic hydroxyl groups excluding tert-OH is 1. The third kappa shape index (κ3) is 3.83. The van der Waals surface area contributed by atoms with Crippen molar-refractivity contribution < 1.29 is 14.6 Å². The second-order valence-corrected chi connectivity index (χ2v) is 6.26. The summed E-state index contributed by atoms with van der Waals surface area (Å²) in [5.74, 6) is -0.222. The van der Waals surface area contributed by atoms with Gasteiger partial charge in [0.25, 0.3) is 5.91 Å². The Balaban J connectivity index is 2.27. The van der Waals surface area contributed by atoms with Crippen molar-refractivity contribution in [2.45, 2.75) is 32.7 Å². The van der Waals surface area contributed by atoms with Crippen molar-refractivity contribution in [1.82, 2.24) is 15.1 Å². The van der Waals surface area contributed by atoms with E-state index in [0.717, 1.165) is 16.9 Å². The van der Waals surface area contributed by atoms with Gasteiger partial charge in [0.05, 0.1) is 35.3 Å². The Morgan fingerprint density at radius 1 is 1.38 bits per heavy atom.